The zero-order valence-electron chi connectivity index (χ0n) is 25.4. The summed E-state index contributed by atoms with van der Waals surface area (Å²) in [7, 11) is 0. The van der Waals surface area contributed by atoms with Crippen molar-refractivity contribution < 1.29 is 9.53 Å². The molecule has 0 saturated carbocycles. The molecule has 0 bridgehead atoms. The number of nitrogens with one attached hydrogen (secondary N) is 3. The number of carbonyl (C=O) groups is 1. The van der Waals surface area contributed by atoms with Crippen LogP contribution >= 0.6 is 0 Å². The quantitative estimate of drug-likeness (QED) is 0.225. The van der Waals surface area contributed by atoms with Gasteiger partial charge in [-0.15, -0.1) is 0 Å². The number of anilines is 3. The number of aromatic nitrogens is 2. The molecule has 3 N–H and O–H groups in total. The summed E-state index contributed by atoms with van der Waals surface area (Å²) < 4.78 is 5.45. The first-order chi connectivity index (χ1) is 19.7. The zero-order chi connectivity index (χ0) is 29.2. The number of nitrogens with zero attached hydrogens (tertiary/aromatic N) is 4. The highest BCUT2D eigenvalue weighted by Gasteiger charge is 2.22. The lowest BCUT2D eigenvalue weighted by molar-refractivity contribution is 0.0635. The first-order valence-electron chi connectivity index (χ1n) is 15.0. The van der Waals surface area contributed by atoms with Crippen LogP contribution < -0.4 is 16.0 Å². The molecule has 1 aromatic heterocycles. The molecule has 1 fully saturated rings. The Hall–Kier alpha value is -3.43. The molecule has 1 saturated heterocycles. The summed E-state index contributed by atoms with van der Waals surface area (Å²) in [5, 5.41) is 11.2. The summed E-state index contributed by atoms with van der Waals surface area (Å²) in [6.07, 6.45) is 2.64. The third kappa shape index (κ3) is 9.30. The van der Waals surface area contributed by atoms with Crippen molar-refractivity contribution in [1.82, 2.24) is 19.8 Å². The maximum absolute atomic E-state index is 12.4. The lowest BCUT2D eigenvalue weighted by Crippen LogP contribution is -2.39. The molecule has 41 heavy (non-hydrogen) atoms. The maximum Gasteiger partial charge on any atom is 0.412 e. The first-order valence-corrected chi connectivity index (χ1v) is 15.0. The highest BCUT2D eigenvalue weighted by molar-refractivity contribution is 5.90. The average Bonchev–Trinajstić information content (AvgIpc) is 2.94. The number of rotatable bonds is 12. The van der Waals surface area contributed by atoms with E-state index in [2.05, 4.69) is 57.8 Å². The molecule has 0 unspecified atom stereocenters. The van der Waals surface area contributed by atoms with E-state index in [4.69, 9.17) is 14.7 Å². The largest absolute Gasteiger partial charge is 0.444 e. The fraction of sp³-hybridized carbons (Fsp3) is 0.531. The van der Waals surface area contributed by atoms with Gasteiger partial charge in [-0.3, -0.25) is 10.2 Å². The number of carbonyl (C=O) groups excluding carboxylic acids is 1. The fourth-order valence-electron chi connectivity index (χ4n) is 5.17. The third-order valence-corrected chi connectivity index (χ3v) is 7.41. The highest BCUT2D eigenvalue weighted by atomic mass is 16.6. The van der Waals surface area contributed by atoms with Crippen LogP contribution in [0.3, 0.4) is 0 Å². The maximum atomic E-state index is 12.4. The molecule has 9 heteroatoms. The van der Waals surface area contributed by atoms with Gasteiger partial charge in [0.2, 0.25) is 5.95 Å². The normalized spacial score (nSPS) is 14.8. The predicted molar refractivity (Wildman–Crippen MR) is 169 cm³/mol. The molecule has 4 rings (SSSR count). The van der Waals surface area contributed by atoms with Crippen molar-refractivity contribution >= 4 is 34.4 Å². The van der Waals surface area contributed by atoms with Crippen LogP contribution in [0, 0.1) is 0 Å². The lowest BCUT2D eigenvalue weighted by atomic mass is 10.0. The van der Waals surface area contributed by atoms with E-state index in [1.165, 1.54) is 0 Å². The van der Waals surface area contributed by atoms with Crippen LogP contribution in [0.4, 0.5) is 22.2 Å². The van der Waals surface area contributed by atoms with Crippen molar-refractivity contribution in [2.45, 2.75) is 72.1 Å². The number of piperidine rings is 1. The van der Waals surface area contributed by atoms with Crippen molar-refractivity contribution in [2.75, 3.05) is 55.2 Å². The number of benzene rings is 2. The van der Waals surface area contributed by atoms with Crippen LogP contribution in [0.5, 0.6) is 0 Å². The Balaban J connectivity index is 1.34. The van der Waals surface area contributed by atoms with Crippen molar-refractivity contribution in [3.8, 4) is 0 Å². The number of fused-ring (bicyclic) bond motifs is 1. The average molecular weight is 562 g/mol. The minimum Gasteiger partial charge on any atom is -0.444 e. The van der Waals surface area contributed by atoms with Gasteiger partial charge in [0, 0.05) is 43.3 Å². The molecule has 2 aromatic carbocycles. The smallest absolute Gasteiger partial charge is 0.412 e. The molecule has 0 aliphatic carbocycles. The molecule has 0 radical (unpaired) electrons. The topological polar surface area (TPSA) is 94.7 Å². The van der Waals surface area contributed by atoms with Crippen LogP contribution in [0.25, 0.3) is 10.9 Å². The fourth-order valence-corrected chi connectivity index (χ4v) is 5.17. The van der Waals surface area contributed by atoms with Gasteiger partial charge in [-0.2, -0.15) is 4.98 Å². The molecule has 2 heterocycles. The first kappa shape index (κ1) is 30.5. The van der Waals surface area contributed by atoms with Crippen LogP contribution in [0.15, 0.2) is 48.5 Å². The summed E-state index contributed by atoms with van der Waals surface area (Å²) in [6, 6.07) is 16.5. The summed E-state index contributed by atoms with van der Waals surface area (Å²) in [5.74, 6) is 1.57. The lowest BCUT2D eigenvalue weighted by Gasteiger charge is -2.33. The van der Waals surface area contributed by atoms with Gasteiger partial charge in [0.15, 0.2) is 0 Å². The van der Waals surface area contributed by atoms with Gasteiger partial charge in [0.25, 0.3) is 0 Å². The SMILES string of the molecule is CCN(CC)CCCNc1nc(NC2CCN(Cc3ccccc3NC(=O)OC(C)(C)C)CC2)c2ccccc2n1. The summed E-state index contributed by atoms with van der Waals surface area (Å²) in [5.41, 5.74) is 2.29. The summed E-state index contributed by atoms with van der Waals surface area (Å²) >= 11 is 0. The standard InChI is InChI=1S/C32H47N7O2/c1-6-38(7-2)20-12-19-33-30-35-28-16-11-9-14-26(28)29(37-30)34-25-17-21-39(22-18-25)23-24-13-8-10-15-27(24)36-31(40)41-32(3,4)5/h8-11,13-16,25H,6-7,12,17-23H2,1-5H3,(H,36,40)(H2,33,34,35,37). The van der Waals surface area contributed by atoms with Gasteiger partial charge in [0.05, 0.1) is 5.52 Å². The van der Waals surface area contributed by atoms with E-state index in [-0.39, 0.29) is 0 Å². The molecule has 3 aromatic rings. The van der Waals surface area contributed by atoms with Crippen molar-refractivity contribution in [3.63, 3.8) is 0 Å². The molecule has 222 valence electrons. The van der Waals surface area contributed by atoms with Gasteiger partial charge in [-0.05, 0) is 83.4 Å². The van der Waals surface area contributed by atoms with Gasteiger partial charge < -0.3 is 20.3 Å². The van der Waals surface area contributed by atoms with E-state index < -0.39 is 11.7 Å². The van der Waals surface area contributed by atoms with Crippen molar-refractivity contribution in [3.05, 3.63) is 54.1 Å². The second kappa shape index (κ2) is 14.5. The van der Waals surface area contributed by atoms with Crippen LogP contribution in [-0.2, 0) is 11.3 Å². The molecular formula is C32H47N7O2. The zero-order valence-corrected chi connectivity index (χ0v) is 25.4. The summed E-state index contributed by atoms with van der Waals surface area (Å²) in [4.78, 5) is 26.9. The van der Waals surface area contributed by atoms with Crippen molar-refractivity contribution in [2.24, 2.45) is 0 Å². The Labute approximate surface area is 245 Å². The molecule has 1 aliphatic heterocycles. The van der Waals surface area contributed by atoms with E-state index in [1.807, 2.05) is 51.1 Å². The number of hydrogen-bond donors (Lipinski definition) is 3. The molecular weight excluding hydrogens is 514 g/mol. The Morgan fingerprint density at radius 3 is 2.46 bits per heavy atom. The van der Waals surface area contributed by atoms with Gasteiger partial charge in [-0.25, -0.2) is 9.78 Å². The van der Waals surface area contributed by atoms with Gasteiger partial charge >= 0.3 is 6.09 Å². The Bertz CT molecular complexity index is 1260. The van der Waals surface area contributed by atoms with E-state index in [0.29, 0.717) is 12.0 Å². The molecule has 0 atom stereocenters. The molecule has 1 aliphatic rings. The van der Waals surface area contributed by atoms with Crippen LogP contribution in [0.2, 0.25) is 0 Å². The van der Waals surface area contributed by atoms with E-state index in [0.717, 1.165) is 93.0 Å². The molecule has 1 amide bonds. The highest BCUT2D eigenvalue weighted by Crippen LogP contribution is 2.26. The Morgan fingerprint density at radius 2 is 1.73 bits per heavy atom. The number of amides is 1. The number of hydrogen-bond acceptors (Lipinski definition) is 8. The second-order valence-corrected chi connectivity index (χ2v) is 11.7. The monoisotopic (exact) mass is 561 g/mol. The van der Waals surface area contributed by atoms with E-state index >= 15 is 0 Å². The summed E-state index contributed by atoms with van der Waals surface area (Å²) in [6.45, 7) is 16.8. The van der Waals surface area contributed by atoms with Crippen molar-refractivity contribution in [1.29, 1.82) is 0 Å². The molecule has 0 spiro atoms. The minimum atomic E-state index is -0.537. The van der Waals surface area contributed by atoms with Crippen LogP contribution in [-0.4, -0.2) is 76.8 Å². The number of likely N-dealkylation sites (tertiary alicyclic amines) is 1. The van der Waals surface area contributed by atoms with E-state index in [9.17, 15) is 4.79 Å². The molecule has 9 nitrogen and oxygen atoms in total. The predicted octanol–water partition coefficient (Wildman–Crippen LogP) is 6.20. The number of ether oxygens (including phenoxy) is 1. The third-order valence-electron chi connectivity index (χ3n) is 7.41. The van der Waals surface area contributed by atoms with Crippen LogP contribution in [0.1, 0.15) is 59.4 Å². The number of para-hydroxylation sites is 2. The Kier molecular flexibility index (Phi) is 10.8. The second-order valence-electron chi connectivity index (χ2n) is 11.7. The van der Waals surface area contributed by atoms with Gasteiger partial charge in [0.1, 0.15) is 11.4 Å². The van der Waals surface area contributed by atoms with E-state index in [1.54, 1.807) is 0 Å². The Morgan fingerprint density at radius 1 is 1.02 bits per heavy atom. The van der Waals surface area contributed by atoms with Gasteiger partial charge in [-0.1, -0.05) is 44.2 Å². The minimum absolute atomic E-state index is 0.329.